The Bertz CT molecular complexity index is 483. The Kier molecular flexibility index (Phi) is 2.57. The van der Waals surface area contributed by atoms with Crippen LogP contribution in [-0.4, -0.2) is 9.97 Å². The van der Waals surface area contributed by atoms with Crippen LogP contribution in [0.5, 0.6) is 0 Å². The van der Waals surface area contributed by atoms with E-state index in [4.69, 9.17) is 17.4 Å². The molecule has 0 atom stereocenters. The summed E-state index contributed by atoms with van der Waals surface area (Å²) in [5.41, 5.74) is 3.20. The number of halogens is 2. The van der Waals surface area contributed by atoms with Crippen LogP contribution in [0.3, 0.4) is 0 Å². The maximum absolute atomic E-state index is 13.4. The van der Waals surface area contributed by atoms with Gasteiger partial charge in [-0.2, -0.15) is 0 Å². The van der Waals surface area contributed by atoms with Crippen molar-refractivity contribution in [2.75, 3.05) is 5.43 Å². The topological polar surface area (TPSA) is 66.7 Å². The lowest BCUT2D eigenvalue weighted by molar-refractivity contribution is 0.631. The number of H-pyrrole nitrogens is 1. The van der Waals surface area contributed by atoms with Gasteiger partial charge in [0, 0.05) is 10.6 Å². The fraction of sp³-hybridized carbons (Fsp3) is 0. The Hall–Kier alpha value is -1.59. The molecule has 0 aliphatic carbocycles. The Morgan fingerprint density at radius 1 is 1.47 bits per heavy atom. The number of imidazole rings is 1. The number of rotatable bonds is 2. The third-order valence-electron chi connectivity index (χ3n) is 1.93. The normalized spacial score (nSPS) is 10.3. The number of nitrogens with one attached hydrogen (secondary N) is 2. The number of benzene rings is 1. The van der Waals surface area contributed by atoms with Gasteiger partial charge in [-0.1, -0.05) is 11.6 Å². The molecule has 1 aromatic heterocycles. The number of hydrogen-bond donors (Lipinski definition) is 3. The Morgan fingerprint density at radius 3 is 2.93 bits per heavy atom. The van der Waals surface area contributed by atoms with E-state index in [0.717, 1.165) is 0 Å². The molecule has 0 saturated heterocycles. The Balaban J connectivity index is 2.48. The molecule has 2 rings (SSSR count). The molecule has 1 heterocycles. The van der Waals surface area contributed by atoms with Crippen LogP contribution < -0.4 is 11.3 Å². The van der Waals surface area contributed by atoms with E-state index >= 15 is 0 Å². The van der Waals surface area contributed by atoms with Gasteiger partial charge in [0.1, 0.15) is 5.82 Å². The first-order valence-electron chi connectivity index (χ1n) is 4.18. The van der Waals surface area contributed by atoms with Crippen LogP contribution in [0.15, 0.2) is 24.4 Å². The molecule has 6 heteroatoms. The van der Waals surface area contributed by atoms with Gasteiger partial charge in [0.2, 0.25) is 5.95 Å². The first-order valence-corrected chi connectivity index (χ1v) is 4.55. The molecule has 0 radical (unpaired) electrons. The highest BCUT2D eigenvalue weighted by Gasteiger charge is 2.08. The SMILES string of the molecule is NNc1ncc(-c2cc(Cl)ccc2F)[nH]1. The molecule has 0 fully saturated rings. The summed E-state index contributed by atoms with van der Waals surface area (Å²) in [4.78, 5) is 6.68. The molecular weight excluding hydrogens is 219 g/mol. The molecule has 4 N–H and O–H groups in total. The standard InChI is InChI=1S/C9H8ClFN4/c10-5-1-2-7(11)6(3-5)8-4-13-9(14-8)15-12/h1-4H,12H2,(H2,13,14,15). The van der Waals surface area contributed by atoms with E-state index in [1.165, 1.54) is 24.4 Å². The predicted octanol–water partition coefficient (Wildman–Crippen LogP) is 2.15. The van der Waals surface area contributed by atoms with E-state index in [1.54, 1.807) is 0 Å². The predicted molar refractivity (Wildman–Crippen MR) is 56.8 cm³/mol. The largest absolute Gasteiger partial charge is 0.323 e. The summed E-state index contributed by atoms with van der Waals surface area (Å²) in [6.07, 6.45) is 1.48. The maximum atomic E-state index is 13.4. The molecule has 0 spiro atoms. The van der Waals surface area contributed by atoms with E-state index in [1.807, 2.05) is 0 Å². The van der Waals surface area contributed by atoms with Crippen molar-refractivity contribution in [1.29, 1.82) is 0 Å². The zero-order chi connectivity index (χ0) is 10.8. The van der Waals surface area contributed by atoms with E-state index in [9.17, 15) is 4.39 Å². The molecule has 0 amide bonds. The molecule has 0 saturated carbocycles. The highest BCUT2D eigenvalue weighted by molar-refractivity contribution is 6.30. The number of nitrogens with zero attached hydrogens (tertiary/aromatic N) is 1. The van der Waals surface area contributed by atoms with Crippen LogP contribution in [0.25, 0.3) is 11.3 Å². The number of nitrogens with two attached hydrogens (primary N) is 1. The molecule has 1 aromatic carbocycles. The second-order valence-corrected chi connectivity index (χ2v) is 3.35. The van der Waals surface area contributed by atoms with Crippen molar-refractivity contribution in [3.8, 4) is 11.3 Å². The highest BCUT2D eigenvalue weighted by atomic mass is 35.5. The van der Waals surface area contributed by atoms with Crippen molar-refractivity contribution in [1.82, 2.24) is 9.97 Å². The molecule has 2 aromatic rings. The van der Waals surface area contributed by atoms with Crippen LogP contribution in [0, 0.1) is 5.82 Å². The van der Waals surface area contributed by atoms with E-state index in [0.29, 0.717) is 22.2 Å². The Morgan fingerprint density at radius 2 is 2.27 bits per heavy atom. The number of aromatic nitrogens is 2. The minimum Gasteiger partial charge on any atom is -0.323 e. The van der Waals surface area contributed by atoms with Gasteiger partial charge in [0.15, 0.2) is 0 Å². The van der Waals surface area contributed by atoms with Crippen molar-refractivity contribution in [2.24, 2.45) is 5.84 Å². The summed E-state index contributed by atoms with van der Waals surface area (Å²) >= 11 is 5.77. The van der Waals surface area contributed by atoms with Crippen molar-refractivity contribution >= 4 is 17.5 Å². The third-order valence-corrected chi connectivity index (χ3v) is 2.17. The van der Waals surface area contributed by atoms with Gasteiger partial charge in [0.25, 0.3) is 0 Å². The number of aromatic amines is 1. The summed E-state index contributed by atoms with van der Waals surface area (Å²) in [6, 6.07) is 4.30. The van der Waals surface area contributed by atoms with Gasteiger partial charge in [-0.25, -0.2) is 15.2 Å². The van der Waals surface area contributed by atoms with Gasteiger partial charge >= 0.3 is 0 Å². The minimum absolute atomic E-state index is 0.358. The first-order chi connectivity index (χ1) is 7.20. The fourth-order valence-electron chi connectivity index (χ4n) is 1.24. The molecule has 0 unspecified atom stereocenters. The van der Waals surface area contributed by atoms with E-state index in [2.05, 4.69) is 15.4 Å². The Labute approximate surface area is 90.2 Å². The lowest BCUT2D eigenvalue weighted by Crippen LogP contribution is -2.07. The van der Waals surface area contributed by atoms with Crippen LogP contribution in [-0.2, 0) is 0 Å². The number of nitrogen functional groups attached to an aromatic ring is 1. The van der Waals surface area contributed by atoms with Gasteiger partial charge in [-0.05, 0) is 18.2 Å². The van der Waals surface area contributed by atoms with Gasteiger partial charge in [-0.15, -0.1) is 0 Å². The number of hydrazine groups is 1. The number of anilines is 1. The summed E-state index contributed by atoms with van der Waals surface area (Å²) in [5.74, 6) is 5.14. The third kappa shape index (κ3) is 1.93. The maximum Gasteiger partial charge on any atom is 0.215 e. The van der Waals surface area contributed by atoms with E-state index < -0.39 is 0 Å². The summed E-state index contributed by atoms with van der Waals surface area (Å²) in [7, 11) is 0. The van der Waals surface area contributed by atoms with Gasteiger partial charge in [0.05, 0.1) is 11.9 Å². The van der Waals surface area contributed by atoms with Crippen molar-refractivity contribution in [3.63, 3.8) is 0 Å². The zero-order valence-corrected chi connectivity index (χ0v) is 8.35. The molecular formula is C9H8ClFN4. The quantitative estimate of drug-likeness (QED) is 0.543. The lowest BCUT2D eigenvalue weighted by atomic mass is 10.1. The summed E-state index contributed by atoms with van der Waals surface area (Å²) < 4.78 is 13.4. The van der Waals surface area contributed by atoms with Crippen molar-refractivity contribution in [3.05, 3.63) is 35.2 Å². The fourth-order valence-corrected chi connectivity index (χ4v) is 1.41. The second-order valence-electron chi connectivity index (χ2n) is 2.91. The van der Waals surface area contributed by atoms with Crippen LogP contribution in [0.1, 0.15) is 0 Å². The summed E-state index contributed by atoms with van der Waals surface area (Å²) in [6.45, 7) is 0. The molecule has 15 heavy (non-hydrogen) atoms. The molecule has 4 nitrogen and oxygen atoms in total. The lowest BCUT2D eigenvalue weighted by Gasteiger charge is -2.00. The second kappa shape index (κ2) is 3.88. The molecule has 0 bridgehead atoms. The van der Waals surface area contributed by atoms with Crippen molar-refractivity contribution < 1.29 is 4.39 Å². The number of hydrogen-bond acceptors (Lipinski definition) is 3. The monoisotopic (exact) mass is 226 g/mol. The van der Waals surface area contributed by atoms with Crippen LogP contribution >= 0.6 is 11.6 Å². The molecule has 0 aliphatic rings. The molecule has 0 aliphatic heterocycles. The minimum atomic E-state index is -0.369. The highest BCUT2D eigenvalue weighted by Crippen LogP contribution is 2.25. The zero-order valence-electron chi connectivity index (χ0n) is 7.59. The smallest absolute Gasteiger partial charge is 0.215 e. The summed E-state index contributed by atoms with van der Waals surface area (Å²) in [5, 5.41) is 0.461. The average molecular weight is 227 g/mol. The van der Waals surface area contributed by atoms with E-state index in [-0.39, 0.29) is 5.82 Å². The van der Waals surface area contributed by atoms with Gasteiger partial charge < -0.3 is 4.98 Å². The van der Waals surface area contributed by atoms with Gasteiger partial charge in [-0.3, -0.25) is 5.43 Å². The van der Waals surface area contributed by atoms with Crippen LogP contribution in [0.4, 0.5) is 10.3 Å². The first kappa shape index (κ1) is 9.95. The van der Waals surface area contributed by atoms with Crippen LogP contribution in [0.2, 0.25) is 5.02 Å². The van der Waals surface area contributed by atoms with Crippen molar-refractivity contribution in [2.45, 2.75) is 0 Å². The molecule has 78 valence electrons. The average Bonchev–Trinajstić information content (AvgIpc) is 2.70.